The van der Waals surface area contributed by atoms with Crippen molar-refractivity contribution in [3.63, 3.8) is 0 Å². The summed E-state index contributed by atoms with van der Waals surface area (Å²) < 4.78 is 10.7. The van der Waals surface area contributed by atoms with Crippen molar-refractivity contribution >= 4 is 52.8 Å². The molecule has 4 aromatic carbocycles. The fraction of sp³-hybridized carbons (Fsp3) is 0.118. The lowest BCUT2D eigenvalue weighted by atomic mass is 10.1. The summed E-state index contributed by atoms with van der Waals surface area (Å²) in [6.07, 6.45) is 1.52. The number of rotatable bonds is 12. The van der Waals surface area contributed by atoms with Gasteiger partial charge in [-0.15, -0.1) is 11.8 Å². The molecule has 0 spiro atoms. The van der Waals surface area contributed by atoms with E-state index >= 15 is 0 Å². The van der Waals surface area contributed by atoms with Gasteiger partial charge in [0.25, 0.3) is 17.7 Å². The molecule has 4 rings (SSSR count). The van der Waals surface area contributed by atoms with Gasteiger partial charge >= 0.3 is 0 Å². The van der Waals surface area contributed by atoms with Crippen LogP contribution >= 0.6 is 11.8 Å². The molecule has 0 aliphatic heterocycles. The average Bonchev–Trinajstić information content (AvgIpc) is 3.05. The molecule has 11 heteroatoms. The molecule has 0 fully saturated rings. The Kier molecular flexibility index (Phi) is 11.0. The predicted octanol–water partition coefficient (Wildman–Crippen LogP) is 5.33. The van der Waals surface area contributed by atoms with E-state index in [9.17, 15) is 19.2 Å². The van der Waals surface area contributed by atoms with Crippen LogP contribution in [-0.4, -0.2) is 43.1 Å². The van der Waals surface area contributed by atoms with Crippen LogP contribution in [0.15, 0.2) is 108 Å². The molecule has 0 bridgehead atoms. The maximum absolute atomic E-state index is 13.6. The van der Waals surface area contributed by atoms with Gasteiger partial charge in [-0.2, -0.15) is 0 Å². The molecule has 4 aromatic rings. The minimum Gasteiger partial charge on any atom is -0.497 e. The highest BCUT2D eigenvalue weighted by Crippen LogP contribution is 2.29. The van der Waals surface area contributed by atoms with Crippen molar-refractivity contribution in [3.05, 3.63) is 119 Å². The number of carbonyl (C=O) groups is 4. The van der Waals surface area contributed by atoms with Crippen molar-refractivity contribution in [2.75, 3.05) is 24.9 Å². The summed E-state index contributed by atoms with van der Waals surface area (Å²) in [5, 5.41) is 7.73. The molecule has 0 aromatic heterocycles. The average molecular weight is 625 g/mol. The largest absolute Gasteiger partial charge is 0.497 e. The molecule has 1 unspecified atom stereocenters. The standard InChI is InChI=1S/C34H32N4O6S/c1-21(32(40)37-28-15-8-7-14-27(28)31(35)39)45-26-13-9-12-24(19-26)36-34(42)29(38-33(41)22-10-5-4-6-11-22)18-23-16-17-25(43-2)20-30(23)44-3/h4-21H,1-3H3,(H2,35,39)(H,36,42)(H,37,40)(H,38,41)/b29-18+. The summed E-state index contributed by atoms with van der Waals surface area (Å²) in [7, 11) is 3.03. The Morgan fingerprint density at radius 2 is 1.56 bits per heavy atom. The monoisotopic (exact) mass is 624 g/mol. The van der Waals surface area contributed by atoms with Crippen LogP contribution in [0.25, 0.3) is 6.08 Å². The minimum atomic E-state index is -0.645. The van der Waals surface area contributed by atoms with Gasteiger partial charge in [0.15, 0.2) is 0 Å². The van der Waals surface area contributed by atoms with Crippen molar-refractivity contribution in [3.8, 4) is 11.5 Å². The normalized spacial score (nSPS) is 11.6. The Labute approximate surface area is 265 Å². The Morgan fingerprint density at radius 1 is 0.822 bits per heavy atom. The number of thioether (sulfide) groups is 1. The summed E-state index contributed by atoms with van der Waals surface area (Å²) in [4.78, 5) is 51.9. The van der Waals surface area contributed by atoms with Gasteiger partial charge in [0.05, 0.1) is 30.7 Å². The second-order valence-electron chi connectivity index (χ2n) is 9.63. The van der Waals surface area contributed by atoms with Gasteiger partial charge in [0.1, 0.15) is 17.2 Å². The molecule has 5 N–H and O–H groups in total. The predicted molar refractivity (Wildman–Crippen MR) is 175 cm³/mol. The number of methoxy groups -OCH3 is 2. The maximum atomic E-state index is 13.6. The third-order valence-corrected chi connectivity index (χ3v) is 7.59. The van der Waals surface area contributed by atoms with Crippen LogP contribution in [0.2, 0.25) is 0 Å². The second-order valence-corrected chi connectivity index (χ2v) is 11.0. The zero-order valence-corrected chi connectivity index (χ0v) is 25.6. The topological polar surface area (TPSA) is 149 Å². The van der Waals surface area contributed by atoms with Gasteiger partial charge < -0.3 is 31.2 Å². The second kappa shape index (κ2) is 15.3. The number of anilines is 2. The van der Waals surface area contributed by atoms with Gasteiger partial charge in [-0.25, -0.2) is 0 Å². The number of para-hydroxylation sites is 1. The number of amides is 4. The summed E-state index contributed by atoms with van der Waals surface area (Å²) >= 11 is 1.26. The zero-order chi connectivity index (χ0) is 32.3. The molecule has 0 saturated heterocycles. The van der Waals surface area contributed by atoms with E-state index in [1.54, 1.807) is 97.9 Å². The molecule has 0 aliphatic carbocycles. The number of hydrogen-bond acceptors (Lipinski definition) is 7. The first-order valence-corrected chi connectivity index (χ1v) is 14.6. The van der Waals surface area contributed by atoms with Crippen LogP contribution in [0.4, 0.5) is 11.4 Å². The van der Waals surface area contributed by atoms with Gasteiger partial charge in [0, 0.05) is 27.8 Å². The SMILES string of the molecule is COc1ccc(/C=C(/NC(=O)c2ccccc2)C(=O)Nc2cccc(SC(C)C(=O)Nc3ccccc3C(N)=O)c2)c(OC)c1. The number of hydrogen-bond donors (Lipinski definition) is 4. The number of ether oxygens (including phenoxy) is 2. The maximum Gasteiger partial charge on any atom is 0.272 e. The van der Waals surface area contributed by atoms with Crippen LogP contribution in [-0.2, 0) is 9.59 Å². The van der Waals surface area contributed by atoms with Crippen LogP contribution in [0, 0.1) is 0 Å². The molecule has 1 atom stereocenters. The summed E-state index contributed by atoms with van der Waals surface area (Å²) in [5.41, 5.74) is 7.30. The smallest absolute Gasteiger partial charge is 0.272 e. The molecule has 0 saturated carbocycles. The Morgan fingerprint density at radius 3 is 2.27 bits per heavy atom. The highest BCUT2D eigenvalue weighted by molar-refractivity contribution is 8.00. The Bertz CT molecular complexity index is 1740. The van der Waals surface area contributed by atoms with Crippen molar-refractivity contribution in [1.82, 2.24) is 5.32 Å². The summed E-state index contributed by atoms with van der Waals surface area (Å²) in [6.45, 7) is 1.72. The lowest BCUT2D eigenvalue weighted by Crippen LogP contribution is -2.30. The van der Waals surface area contributed by atoms with Crippen molar-refractivity contribution in [2.45, 2.75) is 17.1 Å². The van der Waals surface area contributed by atoms with Crippen molar-refractivity contribution in [2.24, 2.45) is 5.73 Å². The highest BCUT2D eigenvalue weighted by Gasteiger charge is 2.19. The molecule has 45 heavy (non-hydrogen) atoms. The summed E-state index contributed by atoms with van der Waals surface area (Å²) in [6, 6.07) is 27.1. The fourth-order valence-electron chi connectivity index (χ4n) is 4.18. The molecular weight excluding hydrogens is 592 g/mol. The molecule has 0 aliphatic rings. The Hall–Kier alpha value is -5.55. The lowest BCUT2D eigenvalue weighted by molar-refractivity contribution is -0.115. The van der Waals surface area contributed by atoms with E-state index in [0.29, 0.717) is 38.9 Å². The van der Waals surface area contributed by atoms with E-state index in [4.69, 9.17) is 15.2 Å². The summed E-state index contributed by atoms with van der Waals surface area (Å²) in [5.74, 6) is -1.01. The number of carbonyl (C=O) groups excluding carboxylic acids is 4. The molecule has 10 nitrogen and oxygen atoms in total. The van der Waals surface area contributed by atoms with Crippen LogP contribution in [0.3, 0.4) is 0 Å². The zero-order valence-electron chi connectivity index (χ0n) is 24.8. The van der Waals surface area contributed by atoms with E-state index in [0.717, 1.165) is 0 Å². The van der Waals surface area contributed by atoms with Crippen molar-refractivity contribution in [1.29, 1.82) is 0 Å². The van der Waals surface area contributed by atoms with E-state index in [2.05, 4.69) is 16.0 Å². The van der Waals surface area contributed by atoms with E-state index in [-0.39, 0.29) is 17.2 Å². The lowest BCUT2D eigenvalue weighted by Gasteiger charge is -2.15. The van der Waals surface area contributed by atoms with Gasteiger partial charge in [-0.05, 0) is 67.6 Å². The van der Waals surface area contributed by atoms with E-state index < -0.39 is 23.0 Å². The first-order valence-electron chi connectivity index (χ1n) is 13.8. The third kappa shape index (κ3) is 8.74. The van der Waals surface area contributed by atoms with E-state index in [1.165, 1.54) is 38.1 Å². The highest BCUT2D eigenvalue weighted by atomic mass is 32.2. The van der Waals surface area contributed by atoms with Crippen LogP contribution in [0.5, 0.6) is 11.5 Å². The first kappa shape index (κ1) is 32.4. The van der Waals surface area contributed by atoms with Crippen molar-refractivity contribution < 1.29 is 28.7 Å². The first-order chi connectivity index (χ1) is 21.7. The fourth-order valence-corrected chi connectivity index (χ4v) is 5.11. The van der Waals surface area contributed by atoms with E-state index in [1.807, 2.05) is 0 Å². The molecule has 4 amide bonds. The number of nitrogens with two attached hydrogens (primary N) is 1. The van der Waals surface area contributed by atoms with Gasteiger partial charge in [-0.1, -0.05) is 36.4 Å². The molecule has 230 valence electrons. The third-order valence-electron chi connectivity index (χ3n) is 6.49. The number of nitrogens with one attached hydrogen (secondary N) is 3. The van der Waals surface area contributed by atoms with Gasteiger partial charge in [-0.3, -0.25) is 19.2 Å². The Balaban J connectivity index is 1.53. The quantitative estimate of drug-likeness (QED) is 0.123. The molecular formula is C34H32N4O6S. The van der Waals surface area contributed by atoms with Crippen LogP contribution < -0.4 is 31.2 Å². The number of primary amides is 1. The number of benzene rings is 4. The molecule has 0 radical (unpaired) electrons. The molecule has 0 heterocycles. The van der Waals surface area contributed by atoms with Gasteiger partial charge in [0.2, 0.25) is 5.91 Å². The van der Waals surface area contributed by atoms with Crippen LogP contribution in [0.1, 0.15) is 33.2 Å². The minimum absolute atomic E-state index is 0.0220.